The molecule has 0 aliphatic heterocycles. The predicted octanol–water partition coefficient (Wildman–Crippen LogP) is 5.20. The Hall–Kier alpha value is -3.61. The molecule has 0 saturated carbocycles. The molecule has 0 bridgehead atoms. The van der Waals surface area contributed by atoms with Crippen LogP contribution >= 0.6 is 0 Å². The van der Waals surface area contributed by atoms with Gasteiger partial charge in [-0.15, -0.1) is 0 Å². The molecule has 2 aromatic carbocycles. The summed E-state index contributed by atoms with van der Waals surface area (Å²) in [7, 11) is 0. The maximum atomic E-state index is 11.5. The summed E-state index contributed by atoms with van der Waals surface area (Å²) in [5, 5.41) is 13.2. The summed E-state index contributed by atoms with van der Waals surface area (Å²) in [5.74, 6) is 0.398. The van der Waals surface area contributed by atoms with Crippen LogP contribution in [0.4, 0.5) is 0 Å². The van der Waals surface area contributed by atoms with E-state index in [2.05, 4.69) is 10.1 Å². The van der Waals surface area contributed by atoms with Crippen molar-refractivity contribution < 1.29 is 23.9 Å². The second-order valence-electron chi connectivity index (χ2n) is 7.08. The molecule has 0 fully saturated rings. The lowest BCUT2D eigenvalue weighted by atomic mass is 9.96. The molecule has 1 atom stereocenters. The molecule has 0 saturated heterocycles. The molecule has 0 aliphatic rings. The van der Waals surface area contributed by atoms with Crippen molar-refractivity contribution >= 4 is 11.7 Å². The zero-order chi connectivity index (χ0) is 22.2. The van der Waals surface area contributed by atoms with Crippen LogP contribution in [0.25, 0.3) is 11.5 Å². The normalized spacial score (nSPS) is 12.4. The van der Waals surface area contributed by atoms with Crippen molar-refractivity contribution in [1.29, 1.82) is 0 Å². The van der Waals surface area contributed by atoms with Crippen LogP contribution in [0.1, 0.15) is 43.2 Å². The van der Waals surface area contributed by atoms with Crippen LogP contribution in [0.2, 0.25) is 0 Å². The lowest BCUT2D eigenvalue weighted by molar-refractivity contribution is -0.129. The van der Waals surface area contributed by atoms with E-state index in [0.29, 0.717) is 24.0 Å². The van der Waals surface area contributed by atoms with Crippen molar-refractivity contribution in [3.05, 3.63) is 71.6 Å². The Kier molecular flexibility index (Phi) is 7.43. The Morgan fingerprint density at radius 3 is 2.52 bits per heavy atom. The molecule has 3 aromatic rings. The number of aryl methyl sites for hydroxylation is 1. The first-order valence-electron chi connectivity index (χ1n) is 10.2. The van der Waals surface area contributed by atoms with E-state index in [9.17, 15) is 9.90 Å². The number of benzene rings is 2. The fraction of sp³-hybridized carbons (Fsp3) is 0.292. The van der Waals surface area contributed by atoms with Gasteiger partial charge < -0.3 is 19.1 Å². The number of hydrogen-bond acceptors (Lipinski definition) is 6. The number of aliphatic carboxylic acids is 1. The van der Waals surface area contributed by atoms with Crippen LogP contribution in [0.15, 0.2) is 64.2 Å². The lowest BCUT2D eigenvalue weighted by Gasteiger charge is -2.12. The number of hydrogen-bond donors (Lipinski definition) is 1. The minimum atomic E-state index is -1.10. The Morgan fingerprint density at radius 1 is 1.16 bits per heavy atom. The topological polar surface area (TPSA) is 94.2 Å². The van der Waals surface area contributed by atoms with Crippen molar-refractivity contribution in [3.63, 3.8) is 0 Å². The minimum Gasteiger partial charge on any atom is -0.487 e. The van der Waals surface area contributed by atoms with Gasteiger partial charge in [-0.3, -0.25) is 0 Å². The zero-order valence-electron chi connectivity index (χ0n) is 17.9. The summed E-state index contributed by atoms with van der Waals surface area (Å²) in [6.07, 6.45) is 0.759. The Balaban J connectivity index is 1.65. The Labute approximate surface area is 181 Å². The third kappa shape index (κ3) is 5.72. The summed E-state index contributed by atoms with van der Waals surface area (Å²) in [5.41, 5.74) is 2.41. The van der Waals surface area contributed by atoms with Gasteiger partial charge in [0.2, 0.25) is 5.89 Å². The molecule has 7 heteroatoms. The first-order chi connectivity index (χ1) is 15.0. The van der Waals surface area contributed by atoms with Crippen LogP contribution in [0.5, 0.6) is 5.75 Å². The first kappa shape index (κ1) is 22.1. The van der Waals surface area contributed by atoms with E-state index in [0.717, 1.165) is 23.2 Å². The fourth-order valence-electron chi connectivity index (χ4n) is 2.94. The number of aromatic nitrogens is 1. The number of carboxylic acid groups (broad SMARTS) is 1. The highest BCUT2D eigenvalue weighted by Crippen LogP contribution is 2.24. The van der Waals surface area contributed by atoms with Gasteiger partial charge in [-0.05, 0) is 43.2 Å². The number of ether oxygens (including phenoxy) is 1. The van der Waals surface area contributed by atoms with Gasteiger partial charge >= 0.3 is 5.97 Å². The van der Waals surface area contributed by atoms with Crippen LogP contribution in [0, 0.1) is 6.92 Å². The molecule has 0 spiro atoms. The zero-order valence-corrected chi connectivity index (χ0v) is 17.9. The van der Waals surface area contributed by atoms with Crippen molar-refractivity contribution in [2.24, 2.45) is 5.16 Å². The van der Waals surface area contributed by atoms with Gasteiger partial charge in [0.15, 0.2) is 5.71 Å². The molecule has 0 aliphatic carbocycles. The molecule has 162 valence electrons. The lowest BCUT2D eigenvalue weighted by Crippen LogP contribution is -2.20. The van der Waals surface area contributed by atoms with Crippen LogP contribution < -0.4 is 4.74 Å². The predicted molar refractivity (Wildman–Crippen MR) is 117 cm³/mol. The Bertz CT molecular complexity index is 1030. The van der Waals surface area contributed by atoms with E-state index in [-0.39, 0.29) is 12.3 Å². The highest BCUT2D eigenvalue weighted by Gasteiger charge is 2.21. The van der Waals surface area contributed by atoms with Gasteiger partial charge in [0.05, 0.1) is 0 Å². The second-order valence-corrected chi connectivity index (χ2v) is 7.08. The fourth-order valence-corrected chi connectivity index (χ4v) is 2.94. The standard InChI is InChI=1S/C24H26N2O5/c1-4-14-30-26-22(24(27)28)16(2)18-10-12-20(13-11-18)29-15-21-17(3)31-23(25-21)19-8-6-5-7-9-19/h5-13,16H,4,14-15H2,1-3H3,(H,27,28). The first-order valence-corrected chi connectivity index (χ1v) is 10.2. The second kappa shape index (κ2) is 10.4. The average Bonchev–Trinajstić information content (AvgIpc) is 3.16. The molecule has 31 heavy (non-hydrogen) atoms. The number of carboxylic acids is 1. The number of carbonyl (C=O) groups is 1. The third-order valence-corrected chi connectivity index (χ3v) is 4.76. The van der Waals surface area contributed by atoms with E-state index in [1.807, 2.05) is 56.3 Å². The van der Waals surface area contributed by atoms with Gasteiger partial charge in [-0.25, -0.2) is 9.78 Å². The average molecular weight is 422 g/mol. The minimum absolute atomic E-state index is 0.0335. The molecular formula is C24H26N2O5. The molecule has 7 nitrogen and oxygen atoms in total. The third-order valence-electron chi connectivity index (χ3n) is 4.76. The molecular weight excluding hydrogens is 396 g/mol. The smallest absolute Gasteiger partial charge is 0.354 e. The highest BCUT2D eigenvalue weighted by atomic mass is 16.6. The van der Waals surface area contributed by atoms with E-state index in [1.165, 1.54) is 0 Å². The van der Waals surface area contributed by atoms with Crippen molar-refractivity contribution in [2.75, 3.05) is 6.61 Å². The number of nitrogens with zero attached hydrogens (tertiary/aromatic N) is 2. The number of oxazole rings is 1. The largest absolute Gasteiger partial charge is 0.487 e. The molecule has 3 rings (SSSR count). The summed E-state index contributed by atoms with van der Waals surface area (Å²) in [6.45, 7) is 6.22. The molecule has 0 radical (unpaired) electrons. The van der Waals surface area contributed by atoms with Gasteiger partial charge in [0.25, 0.3) is 0 Å². The van der Waals surface area contributed by atoms with Crippen molar-refractivity contribution in [3.8, 4) is 17.2 Å². The summed E-state index contributed by atoms with van der Waals surface area (Å²) in [6, 6.07) is 16.9. The van der Waals surface area contributed by atoms with Crippen LogP contribution in [-0.2, 0) is 16.2 Å². The summed E-state index contributed by atoms with van der Waals surface area (Å²) < 4.78 is 11.6. The van der Waals surface area contributed by atoms with Gasteiger partial charge in [0.1, 0.15) is 30.4 Å². The van der Waals surface area contributed by atoms with E-state index < -0.39 is 11.9 Å². The van der Waals surface area contributed by atoms with Gasteiger partial charge in [-0.2, -0.15) is 0 Å². The van der Waals surface area contributed by atoms with Gasteiger partial charge in [0, 0.05) is 11.5 Å². The van der Waals surface area contributed by atoms with Crippen LogP contribution in [-0.4, -0.2) is 28.4 Å². The molecule has 1 N–H and O–H groups in total. The quantitative estimate of drug-likeness (QED) is 0.274. The van der Waals surface area contributed by atoms with Crippen LogP contribution in [0.3, 0.4) is 0 Å². The Morgan fingerprint density at radius 2 is 1.87 bits per heavy atom. The molecule has 1 unspecified atom stereocenters. The number of oxime groups is 1. The molecule has 1 heterocycles. The van der Waals surface area contributed by atoms with E-state index in [1.54, 1.807) is 19.1 Å². The molecule has 1 aromatic heterocycles. The summed E-state index contributed by atoms with van der Waals surface area (Å²) in [4.78, 5) is 21.1. The molecule has 0 amide bonds. The van der Waals surface area contributed by atoms with E-state index >= 15 is 0 Å². The highest BCUT2D eigenvalue weighted by molar-refractivity contribution is 6.37. The SMILES string of the molecule is CCCON=C(C(=O)O)C(C)c1ccc(OCc2nc(-c3ccccc3)oc2C)cc1. The maximum Gasteiger partial charge on any atom is 0.354 e. The van der Waals surface area contributed by atoms with Crippen molar-refractivity contribution in [2.45, 2.75) is 39.7 Å². The number of rotatable bonds is 10. The monoisotopic (exact) mass is 422 g/mol. The van der Waals surface area contributed by atoms with E-state index in [4.69, 9.17) is 14.0 Å². The maximum absolute atomic E-state index is 11.5. The van der Waals surface area contributed by atoms with Crippen molar-refractivity contribution in [1.82, 2.24) is 4.98 Å². The van der Waals surface area contributed by atoms with Gasteiger partial charge in [-0.1, -0.05) is 49.3 Å². The summed E-state index contributed by atoms with van der Waals surface area (Å²) >= 11 is 0.